The average molecular weight is 436 g/mol. The van der Waals surface area contributed by atoms with Crippen molar-refractivity contribution in [2.24, 2.45) is 0 Å². The molecule has 0 amide bonds. The maximum absolute atomic E-state index is 12.9. The van der Waals surface area contributed by atoms with Gasteiger partial charge in [0.05, 0.1) is 9.95 Å². The molecule has 3 rings (SSSR count). The predicted molar refractivity (Wildman–Crippen MR) is 113 cm³/mol. The van der Waals surface area contributed by atoms with Gasteiger partial charge in [-0.25, -0.2) is 13.4 Å². The van der Waals surface area contributed by atoms with Gasteiger partial charge in [-0.05, 0) is 37.5 Å². The minimum absolute atomic E-state index is 0.0510. The molecule has 1 heterocycles. The topological polar surface area (TPSA) is 93.4 Å². The summed E-state index contributed by atoms with van der Waals surface area (Å²) in [4.78, 5) is 15.1. The van der Waals surface area contributed by atoms with E-state index in [0.717, 1.165) is 31.2 Å². The second-order valence-electron chi connectivity index (χ2n) is 7.26. The van der Waals surface area contributed by atoms with Crippen LogP contribution in [0.2, 0.25) is 0 Å². The second kappa shape index (κ2) is 9.23. The third-order valence-corrected chi connectivity index (χ3v) is 8.33. The molecule has 0 saturated heterocycles. The number of sulfonamides is 1. The van der Waals surface area contributed by atoms with Crippen LogP contribution in [0, 0.1) is 10.1 Å². The number of non-ortho nitro benzene ring substituents is 1. The minimum Gasteiger partial charge on any atom is -0.258 e. The lowest BCUT2D eigenvalue weighted by Crippen LogP contribution is -2.38. The fourth-order valence-electron chi connectivity index (χ4n) is 3.54. The SMILES string of the molecule is CC(Sc1ccc(S(=O)(=O)N(C)C2CCCCC2)cn1)c1cccc([N+](=O)[O-])c1. The van der Waals surface area contributed by atoms with E-state index in [9.17, 15) is 18.5 Å². The summed E-state index contributed by atoms with van der Waals surface area (Å²) >= 11 is 1.43. The standard InChI is InChI=1S/C20H25N3O4S2/c1-15(16-7-6-10-18(13-16)23(24)25)28-20-12-11-19(14-21-20)29(26,27)22(2)17-8-4-3-5-9-17/h6-7,10-15,17H,3-5,8-9H2,1-2H3. The first-order valence-corrected chi connectivity index (χ1v) is 12.0. The first-order chi connectivity index (χ1) is 13.8. The van der Waals surface area contributed by atoms with Gasteiger partial charge in [-0.1, -0.05) is 43.2 Å². The van der Waals surface area contributed by atoms with Crippen LogP contribution < -0.4 is 0 Å². The minimum atomic E-state index is -3.56. The second-order valence-corrected chi connectivity index (χ2v) is 10.6. The molecule has 0 N–H and O–H groups in total. The van der Waals surface area contributed by atoms with Gasteiger partial charge in [0.25, 0.3) is 5.69 Å². The first kappa shape index (κ1) is 21.7. The Bertz CT molecular complexity index is 958. The van der Waals surface area contributed by atoms with Gasteiger partial charge >= 0.3 is 0 Å². The van der Waals surface area contributed by atoms with Crippen LogP contribution in [0.4, 0.5) is 5.69 Å². The maximum Gasteiger partial charge on any atom is 0.269 e. The molecule has 0 spiro atoms. The van der Waals surface area contributed by atoms with Crippen molar-refractivity contribution in [2.75, 3.05) is 7.05 Å². The molecule has 29 heavy (non-hydrogen) atoms. The zero-order valence-electron chi connectivity index (χ0n) is 16.5. The number of nitrogens with zero attached hydrogens (tertiary/aromatic N) is 3. The molecule has 1 aromatic heterocycles. The molecule has 2 aromatic rings. The number of thioether (sulfide) groups is 1. The maximum atomic E-state index is 12.9. The Morgan fingerprint density at radius 2 is 1.93 bits per heavy atom. The summed E-state index contributed by atoms with van der Waals surface area (Å²) in [6, 6.07) is 9.84. The van der Waals surface area contributed by atoms with Gasteiger partial charge < -0.3 is 0 Å². The Kier molecular flexibility index (Phi) is 6.92. The predicted octanol–water partition coefficient (Wildman–Crippen LogP) is 4.80. The van der Waals surface area contributed by atoms with Gasteiger partial charge in [0.1, 0.15) is 4.90 Å². The quantitative estimate of drug-likeness (QED) is 0.352. The van der Waals surface area contributed by atoms with Crippen molar-refractivity contribution in [3.05, 3.63) is 58.3 Å². The number of aromatic nitrogens is 1. The zero-order chi connectivity index (χ0) is 21.0. The van der Waals surface area contributed by atoms with Gasteiger partial charge in [-0.15, -0.1) is 0 Å². The molecule has 7 nitrogen and oxygen atoms in total. The van der Waals surface area contributed by atoms with E-state index < -0.39 is 14.9 Å². The largest absolute Gasteiger partial charge is 0.269 e. The van der Waals surface area contributed by atoms with Crippen LogP contribution in [0.1, 0.15) is 49.8 Å². The lowest BCUT2D eigenvalue weighted by molar-refractivity contribution is -0.384. The highest BCUT2D eigenvalue weighted by atomic mass is 32.2. The summed E-state index contributed by atoms with van der Waals surface area (Å²) in [5.74, 6) is 0. The van der Waals surface area contributed by atoms with Crippen LogP contribution in [0.5, 0.6) is 0 Å². The fraction of sp³-hybridized carbons (Fsp3) is 0.450. The lowest BCUT2D eigenvalue weighted by atomic mass is 9.96. The van der Waals surface area contributed by atoms with Gasteiger partial charge in [-0.3, -0.25) is 10.1 Å². The normalized spacial score (nSPS) is 16.7. The summed E-state index contributed by atoms with van der Waals surface area (Å²) in [6.45, 7) is 1.94. The Labute approximate surface area is 175 Å². The van der Waals surface area contributed by atoms with E-state index in [1.807, 2.05) is 13.0 Å². The van der Waals surface area contributed by atoms with Crippen molar-refractivity contribution < 1.29 is 13.3 Å². The fourth-order valence-corrected chi connectivity index (χ4v) is 5.80. The number of benzene rings is 1. The van der Waals surface area contributed by atoms with Gasteiger partial charge in [-0.2, -0.15) is 4.31 Å². The molecule has 156 valence electrons. The molecule has 9 heteroatoms. The molecule has 1 saturated carbocycles. The van der Waals surface area contributed by atoms with Crippen molar-refractivity contribution >= 4 is 27.5 Å². The van der Waals surface area contributed by atoms with E-state index in [-0.39, 0.29) is 21.9 Å². The Morgan fingerprint density at radius 3 is 2.55 bits per heavy atom. The van der Waals surface area contributed by atoms with Crippen LogP contribution in [-0.4, -0.2) is 35.7 Å². The van der Waals surface area contributed by atoms with E-state index in [4.69, 9.17) is 0 Å². The van der Waals surface area contributed by atoms with Crippen molar-refractivity contribution in [1.82, 2.24) is 9.29 Å². The molecule has 0 bridgehead atoms. The summed E-state index contributed by atoms with van der Waals surface area (Å²) in [6.07, 6.45) is 6.50. The summed E-state index contributed by atoms with van der Waals surface area (Å²) in [5, 5.41) is 11.6. The Morgan fingerprint density at radius 1 is 1.21 bits per heavy atom. The molecule has 1 aliphatic carbocycles. The van der Waals surface area contributed by atoms with Crippen LogP contribution in [0.15, 0.2) is 52.5 Å². The van der Waals surface area contributed by atoms with E-state index in [1.54, 1.807) is 31.3 Å². The number of rotatable bonds is 7. The third-order valence-electron chi connectivity index (χ3n) is 5.32. The monoisotopic (exact) mass is 435 g/mol. The van der Waals surface area contributed by atoms with Crippen LogP contribution >= 0.6 is 11.8 Å². The van der Waals surface area contributed by atoms with Gasteiger partial charge in [0.2, 0.25) is 10.0 Å². The average Bonchev–Trinajstić information content (AvgIpc) is 2.74. The highest BCUT2D eigenvalue weighted by Gasteiger charge is 2.29. The number of hydrogen-bond acceptors (Lipinski definition) is 6. The van der Waals surface area contributed by atoms with Crippen LogP contribution in [0.3, 0.4) is 0 Å². The van der Waals surface area contributed by atoms with E-state index in [2.05, 4.69) is 4.98 Å². The molecule has 1 aromatic carbocycles. The molecule has 1 aliphatic rings. The van der Waals surface area contributed by atoms with Gasteiger partial charge in [0.15, 0.2) is 0 Å². The molecular weight excluding hydrogens is 410 g/mol. The van der Waals surface area contributed by atoms with Crippen LogP contribution in [0.25, 0.3) is 0 Å². The number of nitro benzene ring substituents is 1. The zero-order valence-corrected chi connectivity index (χ0v) is 18.2. The number of nitro groups is 1. The molecular formula is C20H25N3O4S2. The Balaban J connectivity index is 1.71. The highest BCUT2D eigenvalue weighted by molar-refractivity contribution is 7.99. The van der Waals surface area contributed by atoms with Crippen molar-refractivity contribution in [1.29, 1.82) is 0 Å². The lowest BCUT2D eigenvalue weighted by Gasteiger charge is -2.30. The molecule has 0 aliphatic heterocycles. The summed E-state index contributed by atoms with van der Waals surface area (Å²) in [7, 11) is -1.91. The van der Waals surface area contributed by atoms with E-state index in [1.165, 1.54) is 34.8 Å². The summed E-state index contributed by atoms with van der Waals surface area (Å²) < 4.78 is 27.3. The molecule has 1 fully saturated rings. The molecule has 0 radical (unpaired) electrons. The van der Waals surface area contributed by atoms with Gasteiger partial charge in [0, 0.05) is 36.7 Å². The van der Waals surface area contributed by atoms with Crippen molar-refractivity contribution in [2.45, 2.75) is 60.2 Å². The van der Waals surface area contributed by atoms with Crippen molar-refractivity contribution in [3.63, 3.8) is 0 Å². The smallest absolute Gasteiger partial charge is 0.258 e. The van der Waals surface area contributed by atoms with E-state index >= 15 is 0 Å². The summed E-state index contributed by atoms with van der Waals surface area (Å²) in [5.41, 5.74) is 0.870. The Hall–Kier alpha value is -1.97. The number of hydrogen-bond donors (Lipinski definition) is 0. The van der Waals surface area contributed by atoms with E-state index in [0.29, 0.717) is 5.03 Å². The molecule has 1 unspecified atom stereocenters. The molecule has 1 atom stereocenters. The van der Waals surface area contributed by atoms with Crippen molar-refractivity contribution in [3.8, 4) is 0 Å². The third kappa shape index (κ3) is 5.15. The van der Waals surface area contributed by atoms with Crippen LogP contribution in [-0.2, 0) is 10.0 Å². The highest BCUT2D eigenvalue weighted by Crippen LogP contribution is 2.35. The number of pyridine rings is 1. The first-order valence-electron chi connectivity index (χ1n) is 9.64.